The van der Waals surface area contributed by atoms with Crippen LogP contribution < -0.4 is 14.8 Å². The third-order valence-electron chi connectivity index (χ3n) is 5.98. The molecule has 3 heterocycles. The number of amides is 1. The molecule has 0 aliphatic carbocycles. The van der Waals surface area contributed by atoms with E-state index < -0.39 is 0 Å². The van der Waals surface area contributed by atoms with E-state index in [1.807, 2.05) is 55.5 Å². The number of hydrogen-bond acceptors (Lipinski definition) is 7. The zero-order valence-corrected chi connectivity index (χ0v) is 19.9. The molecule has 1 amide bonds. The van der Waals surface area contributed by atoms with E-state index in [2.05, 4.69) is 27.4 Å². The number of hydrogen-bond donors (Lipinski definition) is 1. The number of aromatic nitrogens is 5. The van der Waals surface area contributed by atoms with E-state index >= 15 is 0 Å². The smallest absolute Gasteiger partial charge is 0.272 e. The molecule has 2 aromatic carbocycles. The maximum absolute atomic E-state index is 12.8. The van der Waals surface area contributed by atoms with Crippen LogP contribution in [-0.2, 0) is 4.79 Å². The summed E-state index contributed by atoms with van der Waals surface area (Å²) in [7, 11) is 1.62. The molecule has 9 heteroatoms. The monoisotopic (exact) mass is 470 g/mol. The first-order valence-corrected chi connectivity index (χ1v) is 11.5. The lowest BCUT2D eigenvalue weighted by molar-refractivity contribution is -0.116. The van der Waals surface area contributed by atoms with E-state index in [4.69, 9.17) is 14.6 Å². The van der Waals surface area contributed by atoms with Crippen molar-refractivity contribution in [3.8, 4) is 28.7 Å². The van der Waals surface area contributed by atoms with Crippen LogP contribution in [0.3, 0.4) is 0 Å². The third kappa shape index (κ3) is 4.32. The van der Waals surface area contributed by atoms with E-state index in [-0.39, 0.29) is 17.8 Å². The number of fused-ring (bicyclic) bond motifs is 1. The van der Waals surface area contributed by atoms with Gasteiger partial charge in [-0.05, 0) is 43.7 Å². The van der Waals surface area contributed by atoms with Gasteiger partial charge in [0, 0.05) is 29.0 Å². The van der Waals surface area contributed by atoms with E-state index in [0.717, 1.165) is 40.3 Å². The van der Waals surface area contributed by atoms with E-state index in [1.165, 1.54) is 0 Å². The standard InChI is InChI=1S/C26H26N6O3/c1-4-13-35-22-8-6-5-7-19(22)20-14-23(33)29-25-24(20)16(2)31-32(25)26-28-21(15-27-30-26)17-9-11-18(34-3)12-10-17/h5-12,15,20H,4,13-14H2,1-3H3,(H,29,33). The van der Waals surface area contributed by atoms with Gasteiger partial charge in [0.1, 0.15) is 17.3 Å². The molecule has 1 aliphatic rings. The zero-order chi connectivity index (χ0) is 24.4. The lowest BCUT2D eigenvalue weighted by atomic mass is 9.85. The summed E-state index contributed by atoms with van der Waals surface area (Å²) in [4.78, 5) is 17.5. The summed E-state index contributed by atoms with van der Waals surface area (Å²) in [6.45, 7) is 4.60. The van der Waals surface area contributed by atoms with Crippen molar-refractivity contribution < 1.29 is 14.3 Å². The summed E-state index contributed by atoms with van der Waals surface area (Å²) >= 11 is 0. The Labute approximate surface area is 203 Å². The van der Waals surface area contributed by atoms with Crippen LogP contribution in [0.4, 0.5) is 5.82 Å². The molecule has 2 aromatic heterocycles. The summed E-state index contributed by atoms with van der Waals surface area (Å²) in [5.74, 6) is 2.07. The summed E-state index contributed by atoms with van der Waals surface area (Å²) in [5, 5.41) is 16.0. The largest absolute Gasteiger partial charge is 0.497 e. The minimum atomic E-state index is -0.196. The number of carbonyl (C=O) groups excluding carboxylic acids is 1. The second-order valence-electron chi connectivity index (χ2n) is 8.32. The topological polar surface area (TPSA) is 104 Å². The van der Waals surface area contributed by atoms with Crippen LogP contribution in [0.15, 0.2) is 54.7 Å². The van der Waals surface area contributed by atoms with Gasteiger partial charge in [0.15, 0.2) is 0 Å². The maximum atomic E-state index is 12.8. The Kier molecular flexibility index (Phi) is 6.13. The van der Waals surface area contributed by atoms with Crippen LogP contribution in [0.2, 0.25) is 0 Å². The fourth-order valence-electron chi connectivity index (χ4n) is 4.35. The highest BCUT2D eigenvalue weighted by atomic mass is 16.5. The zero-order valence-electron chi connectivity index (χ0n) is 19.9. The molecular formula is C26H26N6O3. The molecule has 1 atom stereocenters. The lowest BCUT2D eigenvalue weighted by Gasteiger charge is -2.25. The summed E-state index contributed by atoms with van der Waals surface area (Å²) < 4.78 is 12.8. The molecule has 1 unspecified atom stereocenters. The maximum Gasteiger partial charge on any atom is 0.272 e. The van der Waals surface area contributed by atoms with Crippen molar-refractivity contribution in [2.24, 2.45) is 0 Å². The fraction of sp³-hybridized carbons (Fsp3) is 0.269. The molecule has 5 rings (SSSR count). The number of rotatable bonds is 7. The van der Waals surface area contributed by atoms with Gasteiger partial charge in [-0.1, -0.05) is 25.1 Å². The number of nitrogens with zero attached hydrogens (tertiary/aromatic N) is 5. The number of methoxy groups -OCH3 is 1. The van der Waals surface area contributed by atoms with Gasteiger partial charge < -0.3 is 14.8 Å². The van der Waals surface area contributed by atoms with Crippen molar-refractivity contribution in [1.29, 1.82) is 0 Å². The van der Waals surface area contributed by atoms with Gasteiger partial charge in [-0.15, -0.1) is 5.10 Å². The fourth-order valence-corrected chi connectivity index (χ4v) is 4.35. The van der Waals surface area contributed by atoms with Gasteiger partial charge in [0.25, 0.3) is 5.95 Å². The molecule has 1 N–H and O–H groups in total. The van der Waals surface area contributed by atoms with Crippen LogP contribution in [-0.4, -0.2) is 44.6 Å². The van der Waals surface area contributed by atoms with E-state index in [9.17, 15) is 4.79 Å². The molecule has 0 fully saturated rings. The van der Waals surface area contributed by atoms with E-state index in [1.54, 1.807) is 18.0 Å². The van der Waals surface area contributed by atoms with Gasteiger partial charge in [-0.2, -0.15) is 14.9 Å². The molecular weight excluding hydrogens is 444 g/mol. The molecule has 0 spiro atoms. The minimum absolute atomic E-state index is 0.104. The Bertz CT molecular complexity index is 1370. The number of nitrogens with one attached hydrogen (secondary N) is 1. The van der Waals surface area contributed by atoms with E-state index in [0.29, 0.717) is 24.5 Å². The first-order valence-electron chi connectivity index (χ1n) is 11.5. The molecule has 0 bridgehead atoms. The Morgan fingerprint density at radius 3 is 2.71 bits per heavy atom. The van der Waals surface area contributed by atoms with Gasteiger partial charge in [0.2, 0.25) is 5.91 Å². The first-order chi connectivity index (χ1) is 17.1. The summed E-state index contributed by atoms with van der Waals surface area (Å²) in [6.07, 6.45) is 2.80. The van der Waals surface area contributed by atoms with Crippen molar-refractivity contribution in [2.45, 2.75) is 32.6 Å². The second-order valence-corrected chi connectivity index (χ2v) is 8.32. The average molecular weight is 471 g/mol. The van der Waals surface area contributed by atoms with Gasteiger partial charge in [-0.3, -0.25) is 4.79 Å². The Balaban J connectivity index is 1.57. The first kappa shape index (κ1) is 22.5. The molecule has 35 heavy (non-hydrogen) atoms. The second kappa shape index (κ2) is 9.54. The molecule has 1 aliphatic heterocycles. The molecule has 4 aromatic rings. The predicted molar refractivity (Wildman–Crippen MR) is 131 cm³/mol. The van der Waals surface area contributed by atoms with Gasteiger partial charge >= 0.3 is 0 Å². The van der Waals surface area contributed by atoms with Crippen LogP contribution in [0.1, 0.15) is 42.5 Å². The van der Waals surface area contributed by atoms with Crippen LogP contribution >= 0.6 is 0 Å². The molecule has 0 saturated carbocycles. The van der Waals surface area contributed by atoms with Crippen molar-refractivity contribution in [3.63, 3.8) is 0 Å². The van der Waals surface area contributed by atoms with Crippen LogP contribution in [0, 0.1) is 6.92 Å². The highest BCUT2D eigenvalue weighted by Gasteiger charge is 2.34. The summed E-state index contributed by atoms with van der Waals surface area (Å²) in [5.41, 5.74) is 4.18. The minimum Gasteiger partial charge on any atom is -0.497 e. The highest BCUT2D eigenvalue weighted by molar-refractivity contribution is 5.95. The van der Waals surface area contributed by atoms with Crippen molar-refractivity contribution in [2.75, 3.05) is 19.0 Å². The molecule has 178 valence electrons. The number of carbonyl (C=O) groups is 1. The van der Waals surface area contributed by atoms with Crippen LogP contribution in [0.25, 0.3) is 17.2 Å². The van der Waals surface area contributed by atoms with Crippen molar-refractivity contribution in [3.05, 3.63) is 71.5 Å². The van der Waals surface area contributed by atoms with Gasteiger partial charge in [0.05, 0.1) is 31.3 Å². The Morgan fingerprint density at radius 1 is 1.14 bits per heavy atom. The SMILES string of the molecule is CCCOc1ccccc1C1CC(=O)Nc2c1c(C)nn2-c1nncc(-c2ccc(OC)cc2)n1. The number of para-hydroxylation sites is 1. The molecule has 9 nitrogen and oxygen atoms in total. The van der Waals surface area contributed by atoms with Crippen molar-refractivity contribution in [1.82, 2.24) is 25.0 Å². The summed E-state index contributed by atoms with van der Waals surface area (Å²) in [6, 6.07) is 15.4. The number of ether oxygens (including phenoxy) is 2. The predicted octanol–water partition coefficient (Wildman–Crippen LogP) is 4.30. The van der Waals surface area contributed by atoms with Gasteiger partial charge in [-0.25, -0.2) is 4.98 Å². The molecule has 0 saturated heterocycles. The normalized spacial score (nSPS) is 14.8. The van der Waals surface area contributed by atoms with Crippen LogP contribution in [0.5, 0.6) is 11.5 Å². The third-order valence-corrected chi connectivity index (χ3v) is 5.98. The molecule has 0 radical (unpaired) electrons. The number of anilines is 1. The quantitative estimate of drug-likeness (QED) is 0.429. The number of benzene rings is 2. The highest BCUT2D eigenvalue weighted by Crippen LogP contribution is 2.42. The Morgan fingerprint density at radius 2 is 1.94 bits per heavy atom. The average Bonchev–Trinajstić information content (AvgIpc) is 3.23. The van der Waals surface area contributed by atoms with Crippen molar-refractivity contribution >= 4 is 11.7 Å². The lowest BCUT2D eigenvalue weighted by Crippen LogP contribution is -2.25. The number of aryl methyl sites for hydroxylation is 1. The Hall–Kier alpha value is -4.27.